The van der Waals surface area contributed by atoms with E-state index in [1.54, 1.807) is 29.4 Å². The van der Waals surface area contributed by atoms with E-state index < -0.39 is 0 Å². The summed E-state index contributed by atoms with van der Waals surface area (Å²) in [5, 5.41) is 10.2. The number of hydrogen-bond donors (Lipinski definition) is 0. The lowest BCUT2D eigenvalue weighted by Crippen LogP contribution is -2.19. The Morgan fingerprint density at radius 1 is 1.67 bits per heavy atom. The predicted molar refractivity (Wildman–Crippen MR) is 75.4 cm³/mol. The summed E-state index contributed by atoms with van der Waals surface area (Å²) in [7, 11) is 1.46. The number of oxime groups is 1. The SMILES string of the molecule is C=CC(/C=N/OC)=N\N(CC)c1ncccc1Cl. The van der Waals surface area contributed by atoms with Crippen LogP contribution in [0.5, 0.6) is 0 Å². The third kappa shape index (κ3) is 3.85. The molecular weight excluding hydrogens is 252 g/mol. The summed E-state index contributed by atoms with van der Waals surface area (Å²) in [5.41, 5.74) is 0.556. The Labute approximate surface area is 111 Å². The van der Waals surface area contributed by atoms with E-state index in [9.17, 15) is 0 Å². The maximum atomic E-state index is 6.07. The summed E-state index contributed by atoms with van der Waals surface area (Å²) in [6, 6.07) is 3.53. The molecule has 0 bridgehead atoms. The van der Waals surface area contributed by atoms with Crippen molar-refractivity contribution in [3.05, 3.63) is 36.0 Å². The molecule has 1 heterocycles. The van der Waals surface area contributed by atoms with Gasteiger partial charge in [0.1, 0.15) is 12.8 Å². The zero-order valence-electron chi connectivity index (χ0n) is 10.4. The summed E-state index contributed by atoms with van der Waals surface area (Å²) >= 11 is 6.07. The quantitative estimate of drug-likeness (QED) is 0.588. The van der Waals surface area contributed by atoms with E-state index in [1.807, 2.05) is 6.92 Å². The van der Waals surface area contributed by atoms with Crippen LogP contribution in [-0.4, -0.2) is 30.6 Å². The molecule has 1 aromatic rings. The third-order valence-electron chi connectivity index (χ3n) is 2.02. The van der Waals surface area contributed by atoms with Gasteiger partial charge in [-0.05, 0) is 25.1 Å². The van der Waals surface area contributed by atoms with Crippen LogP contribution in [0, 0.1) is 0 Å². The van der Waals surface area contributed by atoms with E-state index in [2.05, 4.69) is 26.7 Å². The molecule has 0 atom stereocenters. The molecule has 5 nitrogen and oxygen atoms in total. The number of nitrogens with zero attached hydrogens (tertiary/aromatic N) is 4. The Morgan fingerprint density at radius 2 is 2.44 bits per heavy atom. The molecule has 96 valence electrons. The average molecular weight is 267 g/mol. The van der Waals surface area contributed by atoms with E-state index in [4.69, 9.17) is 11.6 Å². The van der Waals surface area contributed by atoms with Crippen LogP contribution in [0.1, 0.15) is 6.92 Å². The highest BCUT2D eigenvalue weighted by atomic mass is 35.5. The number of allylic oxidation sites excluding steroid dienone is 1. The van der Waals surface area contributed by atoms with Crippen molar-refractivity contribution >= 4 is 29.3 Å². The lowest BCUT2D eigenvalue weighted by atomic mass is 10.4. The first-order valence-corrected chi connectivity index (χ1v) is 5.76. The van der Waals surface area contributed by atoms with Crippen molar-refractivity contribution in [2.75, 3.05) is 18.7 Å². The smallest absolute Gasteiger partial charge is 0.167 e. The molecule has 0 saturated carbocycles. The van der Waals surface area contributed by atoms with Gasteiger partial charge in [0.05, 0.1) is 11.2 Å². The van der Waals surface area contributed by atoms with Crippen molar-refractivity contribution < 1.29 is 4.84 Å². The van der Waals surface area contributed by atoms with Gasteiger partial charge in [0.15, 0.2) is 5.82 Å². The van der Waals surface area contributed by atoms with Crippen LogP contribution in [-0.2, 0) is 4.84 Å². The van der Waals surface area contributed by atoms with Crippen LogP contribution in [0.25, 0.3) is 0 Å². The van der Waals surface area contributed by atoms with Crippen LogP contribution in [0.4, 0.5) is 5.82 Å². The molecule has 0 spiro atoms. The van der Waals surface area contributed by atoms with Crippen molar-refractivity contribution in [1.82, 2.24) is 4.98 Å². The Hall–Kier alpha value is -1.88. The van der Waals surface area contributed by atoms with E-state index in [0.29, 0.717) is 23.1 Å². The van der Waals surface area contributed by atoms with Crippen LogP contribution in [0.15, 0.2) is 41.2 Å². The fourth-order valence-corrected chi connectivity index (χ4v) is 1.42. The van der Waals surface area contributed by atoms with Gasteiger partial charge < -0.3 is 4.84 Å². The van der Waals surface area contributed by atoms with Crippen molar-refractivity contribution in [2.24, 2.45) is 10.3 Å². The molecule has 1 rings (SSSR count). The number of rotatable bonds is 6. The number of aromatic nitrogens is 1. The summed E-state index contributed by atoms with van der Waals surface area (Å²) < 4.78 is 0. The fraction of sp³-hybridized carbons (Fsp3) is 0.250. The summed E-state index contributed by atoms with van der Waals surface area (Å²) in [4.78, 5) is 8.79. The molecule has 0 aliphatic carbocycles. The van der Waals surface area contributed by atoms with Gasteiger partial charge >= 0.3 is 0 Å². The molecular formula is C12H15ClN4O. The van der Waals surface area contributed by atoms with Crippen LogP contribution >= 0.6 is 11.6 Å². The molecule has 0 aromatic carbocycles. The number of pyridine rings is 1. The predicted octanol–water partition coefficient (Wildman–Crippen LogP) is 2.74. The minimum absolute atomic E-state index is 0.537. The minimum atomic E-state index is 0.537. The van der Waals surface area contributed by atoms with Gasteiger partial charge in [-0.25, -0.2) is 9.99 Å². The van der Waals surface area contributed by atoms with Gasteiger partial charge in [0.2, 0.25) is 0 Å². The molecule has 18 heavy (non-hydrogen) atoms. The highest BCUT2D eigenvalue weighted by molar-refractivity contribution is 6.36. The molecule has 0 radical (unpaired) electrons. The Kier molecular flexibility index (Phi) is 5.87. The number of hydrazone groups is 1. The number of hydrogen-bond acceptors (Lipinski definition) is 5. The summed E-state index contributed by atoms with van der Waals surface area (Å²) in [6.45, 7) is 6.23. The zero-order chi connectivity index (χ0) is 13.4. The van der Waals surface area contributed by atoms with Gasteiger partial charge in [-0.15, -0.1) is 0 Å². The van der Waals surface area contributed by atoms with Gasteiger partial charge in [-0.3, -0.25) is 0 Å². The van der Waals surface area contributed by atoms with Crippen LogP contribution < -0.4 is 5.01 Å². The highest BCUT2D eigenvalue weighted by Gasteiger charge is 2.08. The van der Waals surface area contributed by atoms with E-state index in [1.165, 1.54) is 13.3 Å². The average Bonchev–Trinajstić information content (AvgIpc) is 2.40. The van der Waals surface area contributed by atoms with Gasteiger partial charge in [-0.1, -0.05) is 23.3 Å². The first-order chi connectivity index (χ1) is 8.72. The summed E-state index contributed by atoms with van der Waals surface area (Å²) in [5.74, 6) is 0.590. The molecule has 1 aromatic heterocycles. The summed E-state index contributed by atoms with van der Waals surface area (Å²) in [6.07, 6.45) is 4.70. The lowest BCUT2D eigenvalue weighted by molar-refractivity contribution is 0.216. The molecule has 0 aliphatic rings. The second kappa shape index (κ2) is 7.45. The first kappa shape index (κ1) is 14.2. The first-order valence-electron chi connectivity index (χ1n) is 5.38. The van der Waals surface area contributed by atoms with Gasteiger partial charge in [0, 0.05) is 12.7 Å². The Balaban J connectivity index is 3.03. The highest BCUT2D eigenvalue weighted by Crippen LogP contribution is 2.22. The van der Waals surface area contributed by atoms with Crippen molar-refractivity contribution in [3.8, 4) is 0 Å². The number of halogens is 1. The van der Waals surface area contributed by atoms with Crippen LogP contribution in [0.3, 0.4) is 0 Å². The molecule has 0 amide bonds. The monoisotopic (exact) mass is 266 g/mol. The maximum Gasteiger partial charge on any atom is 0.167 e. The normalized spacial score (nSPS) is 11.6. The third-order valence-corrected chi connectivity index (χ3v) is 2.31. The van der Waals surface area contributed by atoms with E-state index in [-0.39, 0.29) is 0 Å². The number of anilines is 1. The minimum Gasteiger partial charge on any atom is -0.399 e. The molecule has 0 saturated heterocycles. The standard InChI is InChI=1S/C12H15ClN4O/c1-4-10(9-15-18-3)16-17(5-2)12-11(13)7-6-8-14-12/h4,6-9H,1,5H2,2-3H3/b15-9+,16-10+. The maximum absolute atomic E-state index is 6.07. The second-order valence-electron chi connectivity index (χ2n) is 3.17. The molecule has 0 N–H and O–H groups in total. The van der Waals surface area contributed by atoms with E-state index in [0.717, 1.165) is 0 Å². The lowest BCUT2D eigenvalue weighted by Gasteiger charge is -2.17. The molecule has 0 unspecified atom stereocenters. The van der Waals surface area contributed by atoms with Crippen molar-refractivity contribution in [1.29, 1.82) is 0 Å². The fourth-order valence-electron chi connectivity index (χ4n) is 1.20. The second-order valence-corrected chi connectivity index (χ2v) is 3.58. The molecule has 6 heteroatoms. The van der Waals surface area contributed by atoms with E-state index >= 15 is 0 Å². The van der Waals surface area contributed by atoms with Crippen LogP contribution in [0.2, 0.25) is 5.02 Å². The zero-order valence-corrected chi connectivity index (χ0v) is 11.1. The Morgan fingerprint density at radius 3 is 3.00 bits per heavy atom. The largest absolute Gasteiger partial charge is 0.399 e. The van der Waals surface area contributed by atoms with Crippen molar-refractivity contribution in [3.63, 3.8) is 0 Å². The molecule has 0 fully saturated rings. The topological polar surface area (TPSA) is 50.1 Å². The van der Waals surface area contributed by atoms with Crippen molar-refractivity contribution in [2.45, 2.75) is 6.92 Å². The van der Waals surface area contributed by atoms with Gasteiger partial charge in [0.25, 0.3) is 0 Å². The van der Waals surface area contributed by atoms with Gasteiger partial charge in [-0.2, -0.15) is 5.10 Å². The molecule has 0 aliphatic heterocycles. The Bertz CT molecular complexity index is 459.